The fourth-order valence-corrected chi connectivity index (χ4v) is 4.30. The van der Waals surface area contributed by atoms with E-state index in [0.717, 1.165) is 50.7 Å². The van der Waals surface area contributed by atoms with E-state index < -0.39 is 0 Å². The number of fused-ring (bicyclic) bond motifs is 1. The molecule has 0 aromatic heterocycles. The highest BCUT2D eigenvalue weighted by Gasteiger charge is 2.31. The van der Waals surface area contributed by atoms with Crippen molar-refractivity contribution in [1.29, 1.82) is 0 Å². The van der Waals surface area contributed by atoms with Crippen LogP contribution < -0.4 is 10.2 Å². The Bertz CT molecular complexity index is 616. The molecule has 1 heterocycles. The number of nitrogens with one attached hydrogen (secondary N) is 1. The first-order valence-electron chi connectivity index (χ1n) is 10.1. The van der Waals surface area contributed by atoms with Crippen LogP contribution in [0.15, 0.2) is 35.7 Å². The molecule has 2 atom stereocenters. The fourth-order valence-electron chi connectivity index (χ4n) is 4.30. The smallest absolute Gasteiger partial charge is 0.119 e. The first-order valence-corrected chi connectivity index (χ1v) is 10.1. The Kier molecular flexibility index (Phi) is 6.71. The normalized spacial score (nSPS) is 25.9. The third kappa shape index (κ3) is 4.47. The Labute approximate surface area is 157 Å². The average molecular weight is 361 g/mol. The molecule has 1 fully saturated rings. The second-order valence-corrected chi connectivity index (χ2v) is 7.78. The third-order valence-electron chi connectivity index (χ3n) is 5.82. The molecule has 2 unspecified atom stereocenters. The first-order chi connectivity index (χ1) is 12.6. The summed E-state index contributed by atoms with van der Waals surface area (Å²) in [7, 11) is 0. The van der Waals surface area contributed by atoms with Crippen molar-refractivity contribution in [3.63, 3.8) is 0 Å². The van der Waals surface area contributed by atoms with Gasteiger partial charge < -0.3 is 15.0 Å². The lowest BCUT2D eigenvalue weighted by molar-refractivity contribution is 0.126. The molecule has 1 aromatic carbocycles. The van der Waals surface area contributed by atoms with E-state index in [1.165, 1.54) is 11.3 Å². The second-order valence-electron chi connectivity index (χ2n) is 7.78. The van der Waals surface area contributed by atoms with Gasteiger partial charge in [0.2, 0.25) is 0 Å². The number of para-hydroxylation sites is 1. The zero-order valence-corrected chi connectivity index (χ0v) is 16.4. The molecule has 1 N–H and O–H groups in total. The van der Waals surface area contributed by atoms with Gasteiger partial charge in [-0.2, -0.15) is 0 Å². The molecule has 1 aliphatic carbocycles. The molecule has 1 aromatic rings. The van der Waals surface area contributed by atoms with Crippen molar-refractivity contribution in [3.8, 4) is 0 Å². The van der Waals surface area contributed by atoms with Crippen LogP contribution in [0, 0.1) is 0 Å². The van der Waals surface area contributed by atoms with Crippen molar-refractivity contribution in [2.75, 3.05) is 18.2 Å². The summed E-state index contributed by atoms with van der Waals surface area (Å²) in [4.78, 5) is 2.39. The lowest BCUT2D eigenvalue weighted by atomic mass is 9.87. The summed E-state index contributed by atoms with van der Waals surface area (Å²) in [6.45, 7) is 7.49. The quantitative estimate of drug-likeness (QED) is 0.679. The summed E-state index contributed by atoms with van der Waals surface area (Å²) >= 11 is 0. The van der Waals surface area contributed by atoms with E-state index in [0.29, 0.717) is 24.9 Å². The van der Waals surface area contributed by atoms with Gasteiger partial charge in [-0.05, 0) is 69.6 Å². The number of rotatable bonds is 6. The Morgan fingerprint density at radius 2 is 2.00 bits per heavy atom. The van der Waals surface area contributed by atoms with E-state index in [4.69, 9.17) is 4.74 Å². The molecule has 26 heavy (non-hydrogen) atoms. The van der Waals surface area contributed by atoms with Crippen molar-refractivity contribution in [1.82, 2.24) is 5.32 Å². The van der Waals surface area contributed by atoms with Crippen LogP contribution in [0.4, 0.5) is 10.1 Å². The largest absolute Gasteiger partial charge is 0.361 e. The molecule has 1 saturated carbocycles. The number of ether oxygens (including phenoxy) is 1. The number of halogens is 1. The van der Waals surface area contributed by atoms with Gasteiger partial charge in [0.25, 0.3) is 0 Å². The predicted molar refractivity (Wildman–Crippen MR) is 106 cm³/mol. The summed E-state index contributed by atoms with van der Waals surface area (Å²) in [6, 6.07) is 9.98. The monoisotopic (exact) mass is 360 g/mol. The average Bonchev–Trinajstić information content (AvgIpc) is 2.64. The molecular weight excluding hydrogens is 327 g/mol. The van der Waals surface area contributed by atoms with Crippen LogP contribution in [0.25, 0.3) is 0 Å². The number of nitrogens with zero attached hydrogens (tertiary/aromatic N) is 1. The van der Waals surface area contributed by atoms with Crippen molar-refractivity contribution in [2.45, 2.75) is 77.4 Å². The fraction of sp³-hybridized carbons (Fsp3) is 0.636. The standard InChI is InChI=1S/C22H33FN2O/c1-4-13-26-15-25-16(2)14-21(20-7-5-6-8-22(20)25)24-19-11-9-18(10-12-19)17(3)23/h5-8,16,19,21,24H,4,9-15H2,1-3H3. The molecular formula is C22H33FN2O. The van der Waals surface area contributed by atoms with Gasteiger partial charge in [-0.1, -0.05) is 25.1 Å². The van der Waals surface area contributed by atoms with E-state index in [1.807, 2.05) is 0 Å². The minimum Gasteiger partial charge on any atom is -0.361 e. The van der Waals surface area contributed by atoms with Crippen LogP contribution >= 0.6 is 0 Å². The summed E-state index contributed by atoms with van der Waals surface area (Å²) in [5.74, 6) is 0.0304. The lowest BCUT2D eigenvalue weighted by Crippen LogP contribution is -2.45. The van der Waals surface area contributed by atoms with Gasteiger partial charge in [0.1, 0.15) is 6.73 Å². The highest BCUT2D eigenvalue weighted by atomic mass is 19.1. The highest BCUT2D eigenvalue weighted by molar-refractivity contribution is 5.57. The summed E-state index contributed by atoms with van der Waals surface area (Å²) in [5.41, 5.74) is 3.67. The minimum absolute atomic E-state index is 0.0304. The Morgan fingerprint density at radius 1 is 1.27 bits per heavy atom. The Morgan fingerprint density at radius 3 is 2.69 bits per heavy atom. The molecule has 0 bridgehead atoms. The van der Waals surface area contributed by atoms with Crippen LogP contribution in [0.2, 0.25) is 0 Å². The molecule has 2 aliphatic rings. The number of benzene rings is 1. The van der Waals surface area contributed by atoms with Crippen LogP contribution in [0.3, 0.4) is 0 Å². The predicted octanol–water partition coefficient (Wildman–Crippen LogP) is 5.49. The van der Waals surface area contributed by atoms with E-state index >= 15 is 0 Å². The number of allylic oxidation sites excluding steroid dienone is 2. The SMILES string of the molecule is CCCOCN1c2ccccc2C(NC2CCC(=C(C)F)CC2)CC1C. The van der Waals surface area contributed by atoms with E-state index in [2.05, 4.69) is 48.3 Å². The van der Waals surface area contributed by atoms with Crippen molar-refractivity contribution in [2.24, 2.45) is 0 Å². The maximum atomic E-state index is 13.4. The second kappa shape index (κ2) is 9.01. The molecule has 1 aliphatic heterocycles. The van der Waals surface area contributed by atoms with Gasteiger partial charge in [0, 0.05) is 30.4 Å². The zero-order chi connectivity index (χ0) is 18.5. The van der Waals surface area contributed by atoms with Crippen LogP contribution in [0.5, 0.6) is 0 Å². The molecule has 144 valence electrons. The van der Waals surface area contributed by atoms with Gasteiger partial charge in [-0.3, -0.25) is 0 Å². The molecule has 0 radical (unpaired) electrons. The van der Waals surface area contributed by atoms with Gasteiger partial charge in [0.05, 0.1) is 5.83 Å². The number of anilines is 1. The van der Waals surface area contributed by atoms with Gasteiger partial charge in [-0.25, -0.2) is 4.39 Å². The topological polar surface area (TPSA) is 24.5 Å². The van der Waals surface area contributed by atoms with Crippen LogP contribution in [-0.4, -0.2) is 25.4 Å². The summed E-state index contributed by atoms with van der Waals surface area (Å²) < 4.78 is 19.3. The van der Waals surface area contributed by atoms with Crippen LogP contribution in [-0.2, 0) is 4.74 Å². The van der Waals surface area contributed by atoms with E-state index in [9.17, 15) is 4.39 Å². The van der Waals surface area contributed by atoms with Gasteiger partial charge in [-0.15, -0.1) is 0 Å². The van der Waals surface area contributed by atoms with E-state index in [1.54, 1.807) is 6.92 Å². The molecule has 0 amide bonds. The molecule has 0 saturated heterocycles. The van der Waals surface area contributed by atoms with Gasteiger partial charge >= 0.3 is 0 Å². The third-order valence-corrected chi connectivity index (χ3v) is 5.82. The molecule has 3 rings (SSSR count). The van der Waals surface area contributed by atoms with Crippen molar-refractivity contribution in [3.05, 3.63) is 41.2 Å². The van der Waals surface area contributed by atoms with Gasteiger partial charge in [0.15, 0.2) is 0 Å². The van der Waals surface area contributed by atoms with Crippen LogP contribution in [0.1, 0.15) is 70.9 Å². The zero-order valence-electron chi connectivity index (χ0n) is 16.4. The number of hydrogen-bond acceptors (Lipinski definition) is 3. The maximum Gasteiger partial charge on any atom is 0.119 e. The molecule has 4 heteroatoms. The maximum absolute atomic E-state index is 13.4. The minimum atomic E-state index is 0.0304. The van der Waals surface area contributed by atoms with E-state index in [-0.39, 0.29) is 5.83 Å². The lowest BCUT2D eigenvalue weighted by Gasteiger charge is -2.42. The number of hydrogen-bond donors (Lipinski definition) is 1. The Hall–Kier alpha value is -1.39. The summed E-state index contributed by atoms with van der Waals surface area (Å²) in [5, 5.41) is 3.88. The van der Waals surface area contributed by atoms with Crippen molar-refractivity contribution < 1.29 is 9.13 Å². The van der Waals surface area contributed by atoms with Crippen molar-refractivity contribution >= 4 is 5.69 Å². The highest BCUT2D eigenvalue weighted by Crippen LogP contribution is 2.38. The molecule has 0 spiro atoms. The Balaban J connectivity index is 1.69. The molecule has 3 nitrogen and oxygen atoms in total. The first kappa shape index (κ1) is 19.4. The summed E-state index contributed by atoms with van der Waals surface area (Å²) in [6.07, 6.45) is 5.97.